The largest absolute Gasteiger partial charge is 0.350 e. The number of benzene rings is 1. The zero-order valence-corrected chi connectivity index (χ0v) is 13.4. The van der Waals surface area contributed by atoms with Gasteiger partial charge in [0.1, 0.15) is 0 Å². The first kappa shape index (κ1) is 16.0. The van der Waals surface area contributed by atoms with Gasteiger partial charge < -0.3 is 11.1 Å². The van der Waals surface area contributed by atoms with E-state index in [1.54, 1.807) is 12.1 Å². The molecule has 100 valence electrons. The summed E-state index contributed by atoms with van der Waals surface area (Å²) < 4.78 is 1.01. The van der Waals surface area contributed by atoms with Gasteiger partial charge in [0.05, 0.1) is 10.6 Å². The average molecular weight is 401 g/mol. The second kappa shape index (κ2) is 6.93. The Balaban J connectivity index is 0.00000162. The lowest BCUT2D eigenvalue weighted by Crippen LogP contribution is -2.38. The van der Waals surface area contributed by atoms with Crippen LogP contribution in [0.25, 0.3) is 0 Å². The highest BCUT2D eigenvalue weighted by molar-refractivity contribution is 14.1. The molecule has 1 aromatic carbocycles. The highest BCUT2D eigenvalue weighted by Crippen LogP contribution is 2.31. The van der Waals surface area contributed by atoms with Crippen molar-refractivity contribution in [1.29, 1.82) is 0 Å². The number of carbonyl (C=O) groups excluding carboxylic acids is 1. The Morgan fingerprint density at radius 1 is 1.56 bits per heavy atom. The third-order valence-corrected chi connectivity index (χ3v) is 3.89. The van der Waals surface area contributed by atoms with E-state index in [0.717, 1.165) is 3.57 Å². The summed E-state index contributed by atoms with van der Waals surface area (Å²) in [5, 5.41) is 3.31. The van der Waals surface area contributed by atoms with Crippen LogP contribution in [-0.4, -0.2) is 18.5 Å². The van der Waals surface area contributed by atoms with Gasteiger partial charge in [0, 0.05) is 16.2 Å². The molecule has 0 aromatic heterocycles. The summed E-state index contributed by atoms with van der Waals surface area (Å²) in [5.41, 5.74) is 6.43. The molecular weight excluding hydrogens is 386 g/mol. The number of hydrogen-bond acceptors (Lipinski definition) is 2. The van der Waals surface area contributed by atoms with Crippen LogP contribution in [0.2, 0.25) is 5.02 Å². The van der Waals surface area contributed by atoms with E-state index in [-0.39, 0.29) is 24.4 Å². The highest BCUT2D eigenvalue weighted by Gasteiger charge is 2.28. The zero-order valence-electron chi connectivity index (χ0n) is 9.66. The van der Waals surface area contributed by atoms with Crippen molar-refractivity contribution in [1.82, 2.24) is 5.32 Å². The molecule has 0 radical (unpaired) electrons. The number of nitrogens with two attached hydrogens (primary N) is 1. The van der Waals surface area contributed by atoms with Crippen LogP contribution < -0.4 is 11.1 Å². The molecule has 0 spiro atoms. The van der Waals surface area contributed by atoms with Crippen LogP contribution in [0.4, 0.5) is 0 Å². The van der Waals surface area contributed by atoms with E-state index in [1.165, 1.54) is 12.8 Å². The summed E-state index contributed by atoms with van der Waals surface area (Å²) in [6.07, 6.45) is 2.36. The standard InChI is InChI=1S/C12H14ClIN2O.ClH/c13-10-5-8(14)3-4-9(10)12(17)16-6-11(15)7-1-2-7;/h3-5,7,11H,1-2,6,15H2,(H,16,17);1H. The van der Waals surface area contributed by atoms with Gasteiger partial charge in [-0.3, -0.25) is 4.79 Å². The topological polar surface area (TPSA) is 55.1 Å². The second-order valence-electron chi connectivity index (χ2n) is 4.34. The lowest BCUT2D eigenvalue weighted by Gasteiger charge is -2.12. The molecule has 1 aliphatic carbocycles. The Kier molecular flexibility index (Phi) is 6.17. The van der Waals surface area contributed by atoms with Crippen LogP contribution in [0.3, 0.4) is 0 Å². The quantitative estimate of drug-likeness (QED) is 0.763. The third kappa shape index (κ3) is 4.26. The van der Waals surface area contributed by atoms with Crippen molar-refractivity contribution in [3.8, 4) is 0 Å². The van der Waals surface area contributed by atoms with E-state index in [0.29, 0.717) is 23.0 Å². The Morgan fingerprint density at radius 3 is 2.78 bits per heavy atom. The molecule has 0 bridgehead atoms. The van der Waals surface area contributed by atoms with E-state index >= 15 is 0 Å². The molecular formula is C12H15Cl2IN2O. The smallest absolute Gasteiger partial charge is 0.252 e. The summed E-state index contributed by atoms with van der Waals surface area (Å²) in [7, 11) is 0. The van der Waals surface area contributed by atoms with Crippen LogP contribution in [-0.2, 0) is 0 Å². The van der Waals surface area contributed by atoms with Crippen molar-refractivity contribution in [3.63, 3.8) is 0 Å². The van der Waals surface area contributed by atoms with E-state index < -0.39 is 0 Å². The first-order valence-electron chi connectivity index (χ1n) is 5.57. The number of amides is 1. The molecule has 3 N–H and O–H groups in total. The summed E-state index contributed by atoms with van der Waals surface area (Å²) in [5.74, 6) is 0.435. The fourth-order valence-corrected chi connectivity index (χ4v) is 2.61. The van der Waals surface area contributed by atoms with E-state index in [4.69, 9.17) is 17.3 Å². The molecule has 0 heterocycles. The molecule has 0 aliphatic heterocycles. The van der Waals surface area contributed by atoms with Gasteiger partial charge in [-0.25, -0.2) is 0 Å². The predicted octanol–water partition coefficient (Wildman–Crippen LogP) is 2.83. The zero-order chi connectivity index (χ0) is 12.4. The van der Waals surface area contributed by atoms with Crippen molar-refractivity contribution in [2.45, 2.75) is 18.9 Å². The highest BCUT2D eigenvalue weighted by atomic mass is 127. The van der Waals surface area contributed by atoms with Gasteiger partial charge >= 0.3 is 0 Å². The van der Waals surface area contributed by atoms with Gasteiger partial charge in [0.15, 0.2) is 0 Å². The van der Waals surface area contributed by atoms with Crippen LogP contribution in [0.15, 0.2) is 18.2 Å². The van der Waals surface area contributed by atoms with Gasteiger partial charge in [-0.05, 0) is 59.5 Å². The molecule has 1 aliphatic rings. The SMILES string of the molecule is Cl.NC(CNC(=O)c1ccc(I)cc1Cl)C1CC1. The average Bonchev–Trinajstić information content (AvgIpc) is 3.09. The van der Waals surface area contributed by atoms with Crippen molar-refractivity contribution in [2.24, 2.45) is 11.7 Å². The molecule has 3 nitrogen and oxygen atoms in total. The minimum Gasteiger partial charge on any atom is -0.350 e. The van der Waals surface area contributed by atoms with Crippen molar-refractivity contribution < 1.29 is 4.79 Å². The molecule has 1 atom stereocenters. The van der Waals surface area contributed by atoms with Crippen LogP contribution >= 0.6 is 46.6 Å². The Labute approximate surface area is 131 Å². The Hall–Kier alpha value is -0.0400. The minimum atomic E-state index is -0.150. The van der Waals surface area contributed by atoms with Crippen molar-refractivity contribution in [2.75, 3.05) is 6.54 Å². The van der Waals surface area contributed by atoms with Crippen LogP contribution in [0.1, 0.15) is 23.2 Å². The van der Waals surface area contributed by atoms with Gasteiger partial charge in [-0.1, -0.05) is 11.6 Å². The number of nitrogens with one attached hydrogen (secondary N) is 1. The first-order valence-corrected chi connectivity index (χ1v) is 7.02. The van der Waals surface area contributed by atoms with Crippen molar-refractivity contribution in [3.05, 3.63) is 32.4 Å². The number of carbonyl (C=O) groups is 1. The fraction of sp³-hybridized carbons (Fsp3) is 0.417. The molecule has 0 saturated heterocycles. The first-order chi connectivity index (χ1) is 8.08. The molecule has 6 heteroatoms. The summed E-state index contributed by atoms with van der Waals surface area (Å²) in [6.45, 7) is 0.520. The van der Waals surface area contributed by atoms with Crippen molar-refractivity contribution >= 4 is 52.5 Å². The van der Waals surface area contributed by atoms with Gasteiger partial charge in [0.25, 0.3) is 5.91 Å². The monoisotopic (exact) mass is 400 g/mol. The predicted molar refractivity (Wildman–Crippen MR) is 84.4 cm³/mol. The van der Waals surface area contributed by atoms with E-state index in [9.17, 15) is 4.79 Å². The summed E-state index contributed by atoms with van der Waals surface area (Å²) in [6, 6.07) is 5.45. The Morgan fingerprint density at radius 2 is 2.22 bits per heavy atom. The fourth-order valence-electron chi connectivity index (χ4n) is 1.67. The molecule has 1 unspecified atom stereocenters. The number of rotatable bonds is 4. The lowest BCUT2D eigenvalue weighted by molar-refractivity contribution is 0.0950. The number of halogens is 3. The molecule has 2 rings (SSSR count). The summed E-state index contributed by atoms with van der Waals surface area (Å²) >= 11 is 8.18. The second-order valence-corrected chi connectivity index (χ2v) is 5.99. The normalized spacial score (nSPS) is 15.7. The molecule has 1 aromatic rings. The molecule has 1 saturated carbocycles. The maximum atomic E-state index is 11.9. The molecule has 18 heavy (non-hydrogen) atoms. The maximum absolute atomic E-state index is 11.9. The Bertz CT molecular complexity index is 438. The van der Waals surface area contributed by atoms with E-state index in [2.05, 4.69) is 27.9 Å². The number of hydrogen-bond donors (Lipinski definition) is 2. The van der Waals surface area contributed by atoms with E-state index in [1.807, 2.05) is 6.07 Å². The minimum absolute atomic E-state index is 0. The third-order valence-electron chi connectivity index (χ3n) is 2.90. The van der Waals surface area contributed by atoms with Crippen LogP contribution in [0, 0.1) is 9.49 Å². The van der Waals surface area contributed by atoms with Gasteiger partial charge in [-0.15, -0.1) is 12.4 Å². The molecule has 1 fully saturated rings. The summed E-state index contributed by atoms with van der Waals surface area (Å²) in [4.78, 5) is 11.9. The van der Waals surface area contributed by atoms with Crippen LogP contribution in [0.5, 0.6) is 0 Å². The maximum Gasteiger partial charge on any atom is 0.252 e. The van der Waals surface area contributed by atoms with Gasteiger partial charge in [0.2, 0.25) is 0 Å². The molecule has 1 amide bonds. The lowest BCUT2D eigenvalue weighted by atomic mass is 10.2. The van der Waals surface area contributed by atoms with Gasteiger partial charge in [-0.2, -0.15) is 0 Å².